The smallest absolute Gasteiger partial charge is 0.429 e. The topological polar surface area (TPSA) is 51.1 Å². The summed E-state index contributed by atoms with van der Waals surface area (Å²) in [5, 5.41) is 4.77. The molecule has 0 aromatic heterocycles. The molecule has 0 unspecified atom stereocenters. The third-order valence-corrected chi connectivity index (χ3v) is 1.03. The third-order valence-electron chi connectivity index (χ3n) is 1.03. The van der Waals surface area contributed by atoms with Gasteiger partial charge in [-0.25, -0.2) is 4.79 Å². The number of hydrazone groups is 1. The molecule has 0 bridgehead atoms. The van der Waals surface area contributed by atoms with Gasteiger partial charge < -0.3 is 9.47 Å². The summed E-state index contributed by atoms with van der Waals surface area (Å²) in [5.74, 6) is 0.401. The predicted molar refractivity (Wildman–Crippen MR) is 40.3 cm³/mol. The lowest BCUT2D eigenvalue weighted by Crippen LogP contribution is -2.22. The minimum Gasteiger partial charge on any atom is -0.483 e. The van der Waals surface area contributed by atoms with Gasteiger partial charge in [0.15, 0.2) is 0 Å². The van der Waals surface area contributed by atoms with Gasteiger partial charge in [-0.15, -0.1) is 5.10 Å². The summed E-state index contributed by atoms with van der Waals surface area (Å²) in [6.07, 6.45) is -0.526. The van der Waals surface area contributed by atoms with Crippen LogP contribution in [0, 0.1) is 0 Å². The molecular formula is C6H12N2O3. The number of hydrogen-bond donors (Lipinski definition) is 0. The molecule has 0 aliphatic carbocycles. The van der Waals surface area contributed by atoms with Gasteiger partial charge in [0.05, 0.1) is 14.2 Å². The van der Waals surface area contributed by atoms with Gasteiger partial charge in [0.25, 0.3) is 0 Å². The van der Waals surface area contributed by atoms with Gasteiger partial charge in [0, 0.05) is 14.0 Å². The first-order valence-corrected chi connectivity index (χ1v) is 3.02. The molecule has 0 aliphatic rings. The second kappa shape index (κ2) is 4.54. The number of carbonyl (C=O) groups excluding carboxylic acids is 1. The number of nitrogens with zero attached hydrogens (tertiary/aromatic N) is 2. The molecule has 0 fully saturated rings. The zero-order chi connectivity index (χ0) is 8.85. The highest BCUT2D eigenvalue weighted by Gasteiger charge is 2.05. The van der Waals surface area contributed by atoms with Crippen LogP contribution in [-0.2, 0) is 9.47 Å². The van der Waals surface area contributed by atoms with Gasteiger partial charge in [-0.2, -0.15) is 5.01 Å². The third kappa shape index (κ3) is 3.44. The normalized spacial score (nSPS) is 10.7. The maximum absolute atomic E-state index is 10.7. The predicted octanol–water partition coefficient (Wildman–Crippen LogP) is 0.664. The van der Waals surface area contributed by atoms with Crippen molar-refractivity contribution in [1.82, 2.24) is 5.01 Å². The highest BCUT2D eigenvalue weighted by molar-refractivity contribution is 5.75. The fraction of sp³-hybridized carbons (Fsp3) is 0.667. The van der Waals surface area contributed by atoms with E-state index >= 15 is 0 Å². The van der Waals surface area contributed by atoms with Crippen LogP contribution in [0.4, 0.5) is 4.79 Å². The minimum atomic E-state index is -0.526. The Bertz CT molecular complexity index is 167. The maximum Gasteiger partial charge on any atom is 0.429 e. The van der Waals surface area contributed by atoms with Gasteiger partial charge >= 0.3 is 6.09 Å². The van der Waals surface area contributed by atoms with Crippen molar-refractivity contribution in [2.24, 2.45) is 5.10 Å². The Morgan fingerprint density at radius 3 is 2.27 bits per heavy atom. The molecule has 0 atom stereocenters. The van der Waals surface area contributed by atoms with Crippen LogP contribution in [-0.4, -0.2) is 38.3 Å². The van der Waals surface area contributed by atoms with Crippen molar-refractivity contribution in [3.63, 3.8) is 0 Å². The van der Waals surface area contributed by atoms with E-state index in [4.69, 9.17) is 4.74 Å². The lowest BCUT2D eigenvalue weighted by molar-refractivity contribution is 0.133. The quantitative estimate of drug-likeness (QED) is 0.322. The molecule has 5 heteroatoms. The van der Waals surface area contributed by atoms with Crippen LogP contribution < -0.4 is 0 Å². The Morgan fingerprint density at radius 1 is 1.36 bits per heavy atom. The minimum absolute atomic E-state index is 0.401. The second-order valence-corrected chi connectivity index (χ2v) is 1.82. The van der Waals surface area contributed by atoms with E-state index in [0.29, 0.717) is 5.90 Å². The van der Waals surface area contributed by atoms with Crippen LogP contribution in [0.15, 0.2) is 5.10 Å². The summed E-state index contributed by atoms with van der Waals surface area (Å²) in [6.45, 7) is 1.64. The first-order valence-electron chi connectivity index (χ1n) is 3.02. The van der Waals surface area contributed by atoms with Crippen LogP contribution in [0.2, 0.25) is 0 Å². The van der Waals surface area contributed by atoms with Crippen LogP contribution in [0.3, 0.4) is 0 Å². The van der Waals surface area contributed by atoms with E-state index in [9.17, 15) is 4.79 Å². The average molecular weight is 160 g/mol. The zero-order valence-electron chi connectivity index (χ0n) is 7.12. The highest BCUT2D eigenvalue weighted by Crippen LogP contribution is 1.90. The summed E-state index contributed by atoms with van der Waals surface area (Å²) in [7, 11) is 4.24. The largest absolute Gasteiger partial charge is 0.483 e. The maximum atomic E-state index is 10.7. The van der Waals surface area contributed by atoms with E-state index in [2.05, 4.69) is 9.84 Å². The Balaban J connectivity index is 4.04. The molecule has 0 saturated carbocycles. The second-order valence-electron chi connectivity index (χ2n) is 1.82. The lowest BCUT2D eigenvalue weighted by atomic mass is 10.8. The average Bonchev–Trinajstić information content (AvgIpc) is 2.02. The van der Waals surface area contributed by atoms with Crippen molar-refractivity contribution in [1.29, 1.82) is 0 Å². The number of rotatable bonds is 1. The number of hydrogen-bond acceptors (Lipinski definition) is 4. The van der Waals surface area contributed by atoms with E-state index in [1.54, 1.807) is 6.92 Å². The van der Waals surface area contributed by atoms with Gasteiger partial charge in [-0.05, 0) is 0 Å². The van der Waals surface area contributed by atoms with E-state index < -0.39 is 6.09 Å². The molecule has 1 amide bonds. The first-order chi connectivity index (χ1) is 5.11. The van der Waals surface area contributed by atoms with Crippen molar-refractivity contribution in [2.45, 2.75) is 6.92 Å². The van der Waals surface area contributed by atoms with Gasteiger partial charge in [0.2, 0.25) is 5.90 Å². The summed E-state index contributed by atoms with van der Waals surface area (Å²) in [4.78, 5) is 10.7. The zero-order valence-corrected chi connectivity index (χ0v) is 7.12. The SMILES string of the molecule is COC(=O)N(C)/N=C(/C)OC. The molecule has 0 aromatic carbocycles. The molecule has 0 spiro atoms. The van der Waals surface area contributed by atoms with E-state index in [0.717, 1.165) is 5.01 Å². The number of amides is 1. The van der Waals surface area contributed by atoms with Crippen LogP contribution in [0.5, 0.6) is 0 Å². The van der Waals surface area contributed by atoms with E-state index in [-0.39, 0.29) is 0 Å². The fourth-order valence-electron chi connectivity index (χ4n) is 0.425. The fourth-order valence-corrected chi connectivity index (χ4v) is 0.425. The van der Waals surface area contributed by atoms with Crippen molar-refractivity contribution < 1.29 is 14.3 Å². The highest BCUT2D eigenvalue weighted by atomic mass is 16.5. The molecule has 0 aliphatic heterocycles. The summed E-state index contributed by atoms with van der Waals surface area (Å²) >= 11 is 0. The number of carbonyl (C=O) groups is 1. The lowest BCUT2D eigenvalue weighted by Gasteiger charge is -2.09. The molecule has 0 N–H and O–H groups in total. The number of methoxy groups -OCH3 is 2. The molecule has 5 nitrogen and oxygen atoms in total. The Morgan fingerprint density at radius 2 is 1.91 bits per heavy atom. The molecule has 0 rings (SSSR count). The monoisotopic (exact) mass is 160 g/mol. The molecule has 11 heavy (non-hydrogen) atoms. The van der Waals surface area contributed by atoms with Crippen molar-refractivity contribution >= 4 is 12.0 Å². The molecule has 0 heterocycles. The molecule has 0 radical (unpaired) electrons. The first kappa shape index (κ1) is 9.74. The van der Waals surface area contributed by atoms with E-state index in [1.165, 1.54) is 21.3 Å². The molecular weight excluding hydrogens is 148 g/mol. The Kier molecular flexibility index (Phi) is 4.02. The van der Waals surface area contributed by atoms with Gasteiger partial charge in [-0.1, -0.05) is 0 Å². The Hall–Kier alpha value is -1.26. The van der Waals surface area contributed by atoms with Crippen molar-refractivity contribution in [2.75, 3.05) is 21.3 Å². The van der Waals surface area contributed by atoms with Crippen LogP contribution in [0.1, 0.15) is 6.92 Å². The molecule has 64 valence electrons. The summed E-state index contributed by atoms with van der Waals surface area (Å²) in [6, 6.07) is 0. The van der Waals surface area contributed by atoms with E-state index in [1.807, 2.05) is 0 Å². The van der Waals surface area contributed by atoms with Crippen LogP contribution in [0.25, 0.3) is 0 Å². The summed E-state index contributed by atoms with van der Waals surface area (Å²) in [5.41, 5.74) is 0. The molecule has 0 aromatic rings. The summed E-state index contributed by atoms with van der Waals surface area (Å²) < 4.78 is 9.10. The molecule has 0 saturated heterocycles. The van der Waals surface area contributed by atoms with Crippen LogP contribution >= 0.6 is 0 Å². The standard InChI is InChI=1S/C6H12N2O3/c1-5(10-3)7-8(2)6(9)11-4/h1-4H3/b7-5-. The number of ether oxygens (including phenoxy) is 2. The Labute approximate surface area is 65.6 Å². The van der Waals surface area contributed by atoms with Crippen molar-refractivity contribution in [3.05, 3.63) is 0 Å². The van der Waals surface area contributed by atoms with Crippen molar-refractivity contribution in [3.8, 4) is 0 Å². The van der Waals surface area contributed by atoms with Gasteiger partial charge in [0.1, 0.15) is 0 Å². The van der Waals surface area contributed by atoms with Gasteiger partial charge in [-0.3, -0.25) is 0 Å².